The van der Waals surface area contributed by atoms with E-state index in [9.17, 15) is 9.59 Å². The van der Waals surface area contributed by atoms with Crippen molar-refractivity contribution in [1.82, 2.24) is 0 Å². The van der Waals surface area contributed by atoms with E-state index in [1.165, 1.54) is 0 Å². The lowest BCUT2D eigenvalue weighted by molar-refractivity contribution is -0.128. The van der Waals surface area contributed by atoms with Gasteiger partial charge in [-0.05, 0) is 57.6 Å². The molecule has 0 aliphatic heterocycles. The summed E-state index contributed by atoms with van der Waals surface area (Å²) < 4.78 is 6.22. The Morgan fingerprint density at radius 2 is 1.48 bits per heavy atom. The van der Waals surface area contributed by atoms with Gasteiger partial charge in [-0.15, -0.1) is 0 Å². The second kappa shape index (κ2) is 7.47. The zero-order valence-electron chi connectivity index (χ0n) is 14.6. The summed E-state index contributed by atoms with van der Waals surface area (Å²) in [6.45, 7) is 20.9. The molecule has 0 atom stereocenters. The first-order chi connectivity index (χ1) is 9.44. The fourth-order valence-electron chi connectivity index (χ4n) is 2.88. The van der Waals surface area contributed by atoms with Gasteiger partial charge in [-0.3, -0.25) is 9.59 Å². The molecule has 0 spiro atoms. The normalized spacial score (nSPS) is 12.4. The smallest absolute Gasteiger partial charge is 0.195 e. The van der Waals surface area contributed by atoms with Crippen LogP contribution >= 0.6 is 0 Å². The predicted molar refractivity (Wildman–Crippen MR) is 93.3 cm³/mol. The molecule has 0 aromatic heterocycles. The molecule has 0 fully saturated rings. The number of carbonyl (C=O) groups is 2. The van der Waals surface area contributed by atoms with Crippen molar-refractivity contribution in [1.29, 1.82) is 0 Å². The monoisotopic (exact) mass is 325 g/mol. The molecular formula is C16H29O3Si2. The summed E-state index contributed by atoms with van der Waals surface area (Å²) in [7, 11) is -3.60. The summed E-state index contributed by atoms with van der Waals surface area (Å²) in [5, 5.41) is -1.10. The molecule has 0 unspecified atom stereocenters. The summed E-state index contributed by atoms with van der Waals surface area (Å²) >= 11 is 0. The van der Waals surface area contributed by atoms with E-state index in [1.54, 1.807) is 13.8 Å². The van der Waals surface area contributed by atoms with Crippen LogP contribution in [0.15, 0.2) is 24.3 Å². The maximum absolute atomic E-state index is 12.9. The quantitative estimate of drug-likeness (QED) is 0.361. The Labute approximate surface area is 132 Å². The third-order valence-electron chi connectivity index (χ3n) is 3.66. The second-order valence-corrected chi connectivity index (χ2v) is 12.9. The SMILES string of the molecule is C=C(C)C(=O)C(CCC)(C(=O)C(=C)C)[Si](C)(C)O[Si](C)C. The lowest BCUT2D eigenvalue weighted by Crippen LogP contribution is -2.56. The first-order valence-electron chi connectivity index (χ1n) is 7.33. The van der Waals surface area contributed by atoms with E-state index in [4.69, 9.17) is 4.12 Å². The minimum Gasteiger partial charge on any atom is -0.455 e. The molecule has 0 saturated heterocycles. The van der Waals surface area contributed by atoms with Crippen LogP contribution in [0, 0.1) is 0 Å². The summed E-state index contributed by atoms with van der Waals surface area (Å²) in [5.41, 5.74) is 0.839. The van der Waals surface area contributed by atoms with Gasteiger partial charge in [-0.2, -0.15) is 0 Å². The molecular weight excluding hydrogens is 296 g/mol. The van der Waals surface area contributed by atoms with Crippen molar-refractivity contribution in [3.63, 3.8) is 0 Å². The van der Waals surface area contributed by atoms with Crippen molar-refractivity contribution >= 4 is 28.9 Å². The molecule has 0 heterocycles. The number of allylic oxidation sites excluding steroid dienone is 2. The highest BCUT2D eigenvalue weighted by molar-refractivity contribution is 6.87. The first kappa shape index (κ1) is 20.2. The topological polar surface area (TPSA) is 43.4 Å². The Kier molecular flexibility index (Phi) is 7.19. The summed E-state index contributed by atoms with van der Waals surface area (Å²) in [4.78, 5) is 25.9. The van der Waals surface area contributed by atoms with Gasteiger partial charge in [-0.1, -0.05) is 26.5 Å². The molecule has 0 aromatic rings. The fourth-order valence-corrected chi connectivity index (χ4v) is 10.0. The highest BCUT2D eigenvalue weighted by Gasteiger charge is 2.58. The Balaban J connectivity index is 6.28. The minimum atomic E-state index is -2.59. The Hall–Kier alpha value is -0.786. The van der Waals surface area contributed by atoms with Crippen LogP contribution in [0.2, 0.25) is 31.2 Å². The van der Waals surface area contributed by atoms with Gasteiger partial charge >= 0.3 is 0 Å². The molecule has 0 amide bonds. The van der Waals surface area contributed by atoms with Crippen LogP contribution < -0.4 is 0 Å². The van der Waals surface area contributed by atoms with Gasteiger partial charge in [0.05, 0.1) is 0 Å². The summed E-state index contributed by atoms with van der Waals surface area (Å²) in [6.07, 6.45) is 1.24. The van der Waals surface area contributed by atoms with E-state index in [0.29, 0.717) is 17.6 Å². The molecule has 0 N–H and O–H groups in total. The molecule has 3 nitrogen and oxygen atoms in total. The molecule has 0 rings (SSSR count). The standard InChI is InChI=1S/C16H29O3Si2/c1-10-11-16(14(17)12(2)3,15(18)13(4)5)21(8,9)19-20(6)7/h2,4,10-11H2,1,3,5-9H3. The average Bonchev–Trinajstić information content (AvgIpc) is 2.31. The number of ketones is 2. The highest BCUT2D eigenvalue weighted by atomic mass is 28.4. The lowest BCUT2D eigenvalue weighted by atomic mass is 9.86. The molecule has 5 heteroatoms. The third kappa shape index (κ3) is 4.11. The maximum atomic E-state index is 12.9. The zero-order valence-corrected chi connectivity index (χ0v) is 16.6. The number of hydrogen-bond acceptors (Lipinski definition) is 3. The van der Waals surface area contributed by atoms with Crippen LogP contribution in [-0.4, -0.2) is 28.9 Å². The van der Waals surface area contributed by atoms with E-state index in [2.05, 4.69) is 13.2 Å². The average molecular weight is 326 g/mol. The van der Waals surface area contributed by atoms with Gasteiger partial charge in [0.2, 0.25) is 0 Å². The second-order valence-electron chi connectivity index (χ2n) is 6.39. The third-order valence-corrected chi connectivity index (χ3v) is 10.1. The Morgan fingerprint density at radius 1 is 1.10 bits per heavy atom. The maximum Gasteiger partial charge on any atom is 0.195 e. The van der Waals surface area contributed by atoms with Crippen LogP contribution in [0.5, 0.6) is 0 Å². The molecule has 21 heavy (non-hydrogen) atoms. The van der Waals surface area contributed by atoms with E-state index in [1.807, 2.05) is 33.1 Å². The van der Waals surface area contributed by atoms with Gasteiger partial charge in [0.1, 0.15) is 5.04 Å². The molecule has 0 saturated carbocycles. The number of hydrogen-bond donors (Lipinski definition) is 0. The zero-order chi connectivity index (χ0) is 17.0. The number of carbonyl (C=O) groups excluding carboxylic acids is 2. The van der Waals surface area contributed by atoms with Gasteiger partial charge in [-0.25, -0.2) is 0 Å². The van der Waals surface area contributed by atoms with E-state index < -0.39 is 22.4 Å². The van der Waals surface area contributed by atoms with E-state index in [0.717, 1.165) is 6.42 Å². The van der Waals surface area contributed by atoms with Crippen molar-refractivity contribution < 1.29 is 13.7 Å². The van der Waals surface area contributed by atoms with E-state index in [-0.39, 0.29) is 11.6 Å². The van der Waals surface area contributed by atoms with Crippen LogP contribution in [0.1, 0.15) is 33.6 Å². The molecule has 0 bridgehead atoms. The van der Waals surface area contributed by atoms with Crippen molar-refractivity contribution in [2.45, 2.75) is 64.8 Å². The largest absolute Gasteiger partial charge is 0.455 e. The number of Topliss-reactive ketones (excluding diaryl/α,β-unsaturated/α-hetero) is 2. The van der Waals surface area contributed by atoms with Crippen molar-refractivity contribution in [3.05, 3.63) is 24.3 Å². The molecule has 0 aliphatic rings. The van der Waals surface area contributed by atoms with Crippen molar-refractivity contribution in [2.75, 3.05) is 0 Å². The number of rotatable bonds is 9. The molecule has 0 aliphatic carbocycles. The first-order valence-corrected chi connectivity index (χ1v) is 12.7. The van der Waals surface area contributed by atoms with Gasteiger partial charge < -0.3 is 4.12 Å². The van der Waals surface area contributed by atoms with Crippen LogP contribution in [-0.2, 0) is 13.7 Å². The van der Waals surface area contributed by atoms with Crippen molar-refractivity contribution in [3.8, 4) is 0 Å². The Morgan fingerprint density at radius 3 is 1.71 bits per heavy atom. The molecule has 1 radical (unpaired) electrons. The highest BCUT2D eigenvalue weighted by Crippen LogP contribution is 2.48. The van der Waals surface area contributed by atoms with Gasteiger partial charge in [0.25, 0.3) is 0 Å². The summed E-state index contributed by atoms with van der Waals surface area (Å²) in [5.74, 6) is -0.338. The molecule has 0 aromatic carbocycles. The minimum absolute atomic E-state index is 0.169. The van der Waals surface area contributed by atoms with Crippen LogP contribution in [0.25, 0.3) is 0 Å². The van der Waals surface area contributed by atoms with E-state index >= 15 is 0 Å². The summed E-state index contributed by atoms with van der Waals surface area (Å²) in [6, 6.07) is 0. The van der Waals surface area contributed by atoms with Crippen LogP contribution in [0.4, 0.5) is 0 Å². The van der Waals surface area contributed by atoms with Crippen molar-refractivity contribution in [2.24, 2.45) is 0 Å². The van der Waals surface area contributed by atoms with Crippen LogP contribution in [0.3, 0.4) is 0 Å². The predicted octanol–water partition coefficient (Wildman–Crippen LogP) is 4.29. The fraction of sp³-hybridized carbons (Fsp3) is 0.625. The van der Waals surface area contributed by atoms with Gasteiger partial charge in [0, 0.05) is 0 Å². The molecule has 119 valence electrons. The Bertz CT molecular complexity index is 424. The lowest BCUT2D eigenvalue weighted by Gasteiger charge is -2.43. The van der Waals surface area contributed by atoms with Gasteiger partial charge in [0.15, 0.2) is 28.9 Å².